The Hall–Kier alpha value is -2.39. The fourth-order valence-electron chi connectivity index (χ4n) is 2.06. The lowest BCUT2D eigenvalue weighted by Crippen LogP contribution is -2.14. The van der Waals surface area contributed by atoms with Crippen LogP contribution in [0.2, 0.25) is 0 Å². The van der Waals surface area contributed by atoms with Crippen LogP contribution in [-0.2, 0) is 7.05 Å². The van der Waals surface area contributed by atoms with Gasteiger partial charge in [-0.05, 0) is 32.0 Å². The van der Waals surface area contributed by atoms with E-state index < -0.39 is 0 Å². The number of aryl methyl sites for hydroxylation is 3. The van der Waals surface area contributed by atoms with Gasteiger partial charge in [0, 0.05) is 23.0 Å². The van der Waals surface area contributed by atoms with Gasteiger partial charge in [-0.15, -0.1) is 11.3 Å². The summed E-state index contributed by atoms with van der Waals surface area (Å²) in [4.78, 5) is 21.9. The number of benzene rings is 1. The zero-order chi connectivity index (χ0) is 17.3. The summed E-state index contributed by atoms with van der Waals surface area (Å²) in [5, 5.41) is 10.2. The number of rotatable bonds is 4. The highest BCUT2D eigenvalue weighted by molar-refractivity contribution is 7.99. The number of carbonyl (C=O) groups excluding carboxylic acids is 1. The van der Waals surface area contributed by atoms with Gasteiger partial charge in [-0.2, -0.15) is 5.10 Å². The third-order valence-electron chi connectivity index (χ3n) is 3.15. The zero-order valence-electron chi connectivity index (χ0n) is 13.4. The van der Waals surface area contributed by atoms with E-state index in [0.29, 0.717) is 22.2 Å². The number of hydrogen-bond donors (Lipinski definition) is 2. The van der Waals surface area contributed by atoms with Crippen molar-refractivity contribution < 1.29 is 4.79 Å². The Morgan fingerprint density at radius 2 is 2.12 bits per heavy atom. The zero-order valence-corrected chi connectivity index (χ0v) is 15.0. The van der Waals surface area contributed by atoms with E-state index in [4.69, 9.17) is 5.73 Å². The molecule has 3 aromatic rings. The third kappa shape index (κ3) is 3.57. The van der Waals surface area contributed by atoms with E-state index in [0.717, 1.165) is 15.7 Å². The monoisotopic (exact) mass is 360 g/mol. The fraction of sp³-hybridized carbons (Fsp3) is 0.200. The molecule has 0 radical (unpaired) electrons. The van der Waals surface area contributed by atoms with E-state index in [2.05, 4.69) is 20.4 Å². The van der Waals surface area contributed by atoms with Crippen molar-refractivity contribution in [2.45, 2.75) is 23.9 Å². The van der Waals surface area contributed by atoms with E-state index in [1.165, 1.54) is 23.1 Å². The van der Waals surface area contributed by atoms with E-state index in [-0.39, 0.29) is 5.91 Å². The predicted octanol–water partition coefficient (Wildman–Crippen LogP) is 2.87. The molecule has 3 N–H and O–H groups in total. The molecule has 1 aromatic carbocycles. The van der Waals surface area contributed by atoms with Gasteiger partial charge in [0.2, 0.25) is 0 Å². The van der Waals surface area contributed by atoms with E-state index in [9.17, 15) is 4.79 Å². The first-order chi connectivity index (χ1) is 11.4. The Balaban J connectivity index is 1.83. The number of thiazole rings is 1. The van der Waals surface area contributed by atoms with E-state index >= 15 is 0 Å². The molecule has 124 valence electrons. The van der Waals surface area contributed by atoms with Crippen LogP contribution in [0.15, 0.2) is 33.6 Å². The number of nitrogen functional groups attached to an aromatic ring is 1. The molecule has 2 aromatic heterocycles. The maximum atomic E-state index is 12.5. The summed E-state index contributed by atoms with van der Waals surface area (Å²) < 4.78 is 1.70. The van der Waals surface area contributed by atoms with Crippen LogP contribution in [0.25, 0.3) is 0 Å². The molecule has 0 fully saturated rings. The summed E-state index contributed by atoms with van der Waals surface area (Å²) in [5.41, 5.74) is 7.65. The molecular weight excluding hydrogens is 344 g/mol. The Morgan fingerprint density at radius 1 is 1.33 bits per heavy atom. The van der Waals surface area contributed by atoms with Gasteiger partial charge in [0.1, 0.15) is 5.82 Å². The highest BCUT2D eigenvalue weighted by Crippen LogP contribution is 2.29. The van der Waals surface area contributed by atoms with Crippen molar-refractivity contribution in [3.63, 3.8) is 0 Å². The van der Waals surface area contributed by atoms with Crippen molar-refractivity contribution in [2.24, 2.45) is 7.05 Å². The number of hydrogen-bond acceptors (Lipinski definition) is 7. The van der Waals surface area contributed by atoms with Crippen LogP contribution >= 0.6 is 23.1 Å². The number of aromatic nitrogens is 4. The number of nitrogens with zero attached hydrogens (tertiary/aromatic N) is 4. The average molecular weight is 360 g/mol. The van der Waals surface area contributed by atoms with Crippen molar-refractivity contribution in [1.29, 1.82) is 0 Å². The molecule has 7 nitrogen and oxygen atoms in total. The van der Waals surface area contributed by atoms with Crippen LogP contribution in [0.1, 0.15) is 21.9 Å². The van der Waals surface area contributed by atoms with Gasteiger partial charge in [-0.1, -0.05) is 11.8 Å². The average Bonchev–Trinajstić information content (AvgIpc) is 3.06. The van der Waals surface area contributed by atoms with Gasteiger partial charge in [-0.25, -0.2) is 14.6 Å². The lowest BCUT2D eigenvalue weighted by atomic mass is 10.1. The van der Waals surface area contributed by atoms with Crippen molar-refractivity contribution >= 4 is 39.8 Å². The molecular formula is C15H16N6OS2. The third-order valence-corrected chi connectivity index (χ3v) is 5.05. The number of nitrogens with one attached hydrogen (secondary N) is 1. The molecule has 0 aliphatic rings. The van der Waals surface area contributed by atoms with Gasteiger partial charge in [0.25, 0.3) is 5.91 Å². The predicted molar refractivity (Wildman–Crippen MR) is 95.5 cm³/mol. The summed E-state index contributed by atoms with van der Waals surface area (Å²) in [7, 11) is 1.83. The van der Waals surface area contributed by atoms with Gasteiger partial charge in [0.15, 0.2) is 10.3 Å². The first-order valence-electron chi connectivity index (χ1n) is 7.11. The van der Waals surface area contributed by atoms with Gasteiger partial charge in [-0.3, -0.25) is 10.1 Å². The van der Waals surface area contributed by atoms with Crippen LogP contribution < -0.4 is 11.1 Å². The van der Waals surface area contributed by atoms with Crippen LogP contribution in [0, 0.1) is 13.8 Å². The standard InChI is InChI=1S/C15H16N6OS2/c1-8-7-23-14(17-8)19-13(22)11-6-10(4-5-12(11)16)24-15-18-9(2)20-21(15)3/h4-7H,16H2,1-3H3,(H,17,19,22). The highest BCUT2D eigenvalue weighted by atomic mass is 32.2. The number of nitrogens with two attached hydrogens (primary N) is 1. The van der Waals surface area contributed by atoms with Crippen LogP contribution in [0.3, 0.4) is 0 Å². The topological polar surface area (TPSA) is 98.7 Å². The maximum absolute atomic E-state index is 12.5. The molecule has 9 heteroatoms. The van der Waals surface area contributed by atoms with Crippen LogP contribution in [0.4, 0.5) is 10.8 Å². The SMILES string of the molecule is Cc1csc(NC(=O)c2cc(Sc3nc(C)nn3C)ccc2N)n1. The Bertz CT molecular complexity index is 901. The Kier molecular flexibility index (Phi) is 4.54. The quantitative estimate of drug-likeness (QED) is 0.694. The Labute approximate surface area is 147 Å². The summed E-state index contributed by atoms with van der Waals surface area (Å²) in [5.74, 6) is 0.422. The fourth-order valence-corrected chi connectivity index (χ4v) is 3.62. The van der Waals surface area contributed by atoms with Crippen molar-refractivity contribution in [2.75, 3.05) is 11.1 Å². The minimum absolute atomic E-state index is 0.279. The van der Waals surface area contributed by atoms with Gasteiger partial charge < -0.3 is 5.73 Å². The lowest BCUT2D eigenvalue weighted by Gasteiger charge is -2.08. The van der Waals surface area contributed by atoms with Gasteiger partial charge >= 0.3 is 0 Å². The van der Waals surface area contributed by atoms with Gasteiger partial charge in [0.05, 0.1) is 11.3 Å². The highest BCUT2D eigenvalue weighted by Gasteiger charge is 2.14. The largest absolute Gasteiger partial charge is 0.398 e. The second kappa shape index (κ2) is 6.62. The molecule has 0 bridgehead atoms. The van der Waals surface area contributed by atoms with E-state index in [1.807, 2.05) is 32.3 Å². The molecule has 0 saturated carbocycles. The molecule has 0 saturated heterocycles. The molecule has 0 unspecified atom stereocenters. The summed E-state index contributed by atoms with van der Waals surface area (Å²) in [6.07, 6.45) is 0. The second-order valence-corrected chi connectivity index (χ2v) is 7.06. The van der Waals surface area contributed by atoms with Crippen molar-refractivity contribution in [1.82, 2.24) is 19.7 Å². The second-order valence-electron chi connectivity index (χ2n) is 5.16. The van der Waals surface area contributed by atoms with Crippen LogP contribution in [-0.4, -0.2) is 25.7 Å². The minimum Gasteiger partial charge on any atom is -0.398 e. The Morgan fingerprint density at radius 3 is 2.75 bits per heavy atom. The number of anilines is 2. The first kappa shape index (κ1) is 16.5. The molecule has 0 aliphatic heterocycles. The maximum Gasteiger partial charge on any atom is 0.259 e. The molecule has 0 spiro atoms. The molecule has 2 heterocycles. The summed E-state index contributed by atoms with van der Waals surface area (Å²) in [6, 6.07) is 5.32. The molecule has 0 aliphatic carbocycles. The lowest BCUT2D eigenvalue weighted by molar-refractivity contribution is 0.102. The summed E-state index contributed by atoms with van der Waals surface area (Å²) in [6.45, 7) is 3.71. The normalized spacial score (nSPS) is 10.8. The van der Waals surface area contributed by atoms with Crippen LogP contribution in [0.5, 0.6) is 0 Å². The number of amides is 1. The smallest absolute Gasteiger partial charge is 0.259 e. The van der Waals surface area contributed by atoms with Crippen molar-refractivity contribution in [3.05, 3.63) is 40.7 Å². The minimum atomic E-state index is -0.279. The summed E-state index contributed by atoms with van der Waals surface area (Å²) >= 11 is 2.81. The molecule has 3 rings (SSSR count). The molecule has 1 amide bonds. The van der Waals surface area contributed by atoms with Crippen molar-refractivity contribution in [3.8, 4) is 0 Å². The molecule has 24 heavy (non-hydrogen) atoms. The van der Waals surface area contributed by atoms with E-state index in [1.54, 1.807) is 16.8 Å². The first-order valence-corrected chi connectivity index (χ1v) is 8.80. The number of carbonyl (C=O) groups is 1. The molecule has 0 atom stereocenters.